The SMILES string of the molecule is Cc1ccc(OP(O)OC(C)(C)C)c(C(C)(C)C)c1. The van der Waals surface area contributed by atoms with Gasteiger partial charge >= 0.3 is 8.60 Å². The standard InChI is InChI=1S/C15H25O3P/c1-11-8-9-13(12(10-11)14(2,3)4)17-19(16)18-15(5,6)7/h8-10,16H,1-7H3. The zero-order chi connectivity index (χ0) is 14.8. The highest BCUT2D eigenvalue weighted by molar-refractivity contribution is 7.41. The molecule has 0 bridgehead atoms. The molecule has 3 nitrogen and oxygen atoms in total. The van der Waals surface area contributed by atoms with E-state index in [1.54, 1.807) is 0 Å². The van der Waals surface area contributed by atoms with Crippen LogP contribution in [0.4, 0.5) is 0 Å². The van der Waals surface area contributed by atoms with E-state index in [4.69, 9.17) is 9.05 Å². The lowest BCUT2D eigenvalue weighted by molar-refractivity contribution is 0.112. The van der Waals surface area contributed by atoms with Gasteiger partial charge < -0.3 is 9.42 Å². The first kappa shape index (κ1) is 16.4. The number of rotatable bonds is 3. The second-order valence-corrected chi connectivity index (χ2v) is 7.62. The average molecular weight is 284 g/mol. The van der Waals surface area contributed by atoms with Crippen LogP contribution >= 0.6 is 8.60 Å². The lowest BCUT2D eigenvalue weighted by atomic mass is 9.85. The molecular formula is C15H25O3P. The molecule has 0 saturated heterocycles. The van der Waals surface area contributed by atoms with Crippen molar-refractivity contribution in [3.8, 4) is 5.75 Å². The number of hydrogen-bond acceptors (Lipinski definition) is 3. The monoisotopic (exact) mass is 284 g/mol. The van der Waals surface area contributed by atoms with Crippen LogP contribution in [-0.2, 0) is 9.94 Å². The van der Waals surface area contributed by atoms with E-state index in [0.29, 0.717) is 5.75 Å². The lowest BCUT2D eigenvalue weighted by Gasteiger charge is -2.26. The van der Waals surface area contributed by atoms with Crippen LogP contribution < -0.4 is 4.52 Å². The van der Waals surface area contributed by atoms with Crippen LogP contribution in [0.2, 0.25) is 0 Å². The Morgan fingerprint density at radius 2 is 1.63 bits per heavy atom. The van der Waals surface area contributed by atoms with E-state index in [0.717, 1.165) is 5.56 Å². The second kappa shape index (κ2) is 5.78. The minimum Gasteiger partial charge on any atom is -0.427 e. The summed E-state index contributed by atoms with van der Waals surface area (Å²) in [6.45, 7) is 14.1. The Hall–Kier alpha value is -0.630. The fourth-order valence-corrected chi connectivity index (χ4v) is 2.48. The van der Waals surface area contributed by atoms with Crippen LogP contribution in [0.1, 0.15) is 52.7 Å². The van der Waals surface area contributed by atoms with Crippen LogP contribution in [0, 0.1) is 6.92 Å². The molecule has 1 aromatic rings. The molecule has 1 aromatic carbocycles. The van der Waals surface area contributed by atoms with Crippen molar-refractivity contribution in [3.63, 3.8) is 0 Å². The number of hydrogen-bond donors (Lipinski definition) is 1. The Balaban J connectivity index is 2.95. The molecule has 0 radical (unpaired) electrons. The van der Waals surface area contributed by atoms with Gasteiger partial charge in [0.2, 0.25) is 0 Å². The molecule has 19 heavy (non-hydrogen) atoms. The van der Waals surface area contributed by atoms with Crippen LogP contribution in [0.25, 0.3) is 0 Å². The molecule has 0 heterocycles. The fourth-order valence-electron chi connectivity index (χ4n) is 1.65. The molecule has 0 aliphatic carbocycles. The van der Waals surface area contributed by atoms with Gasteiger partial charge in [-0.05, 0) is 39.2 Å². The van der Waals surface area contributed by atoms with E-state index < -0.39 is 14.2 Å². The summed E-state index contributed by atoms with van der Waals surface area (Å²) in [5.74, 6) is 0.691. The van der Waals surface area contributed by atoms with Gasteiger partial charge in [0.25, 0.3) is 0 Å². The number of aryl methyl sites for hydroxylation is 1. The maximum atomic E-state index is 9.92. The highest BCUT2D eigenvalue weighted by Gasteiger charge is 2.24. The van der Waals surface area contributed by atoms with Crippen molar-refractivity contribution in [1.82, 2.24) is 0 Å². The lowest BCUT2D eigenvalue weighted by Crippen LogP contribution is -2.18. The first-order valence-electron chi connectivity index (χ1n) is 6.46. The second-order valence-electron chi connectivity index (χ2n) is 6.78. The van der Waals surface area contributed by atoms with Gasteiger partial charge in [0, 0.05) is 5.56 Å². The van der Waals surface area contributed by atoms with Crippen LogP contribution in [-0.4, -0.2) is 10.5 Å². The molecule has 0 aromatic heterocycles. The van der Waals surface area contributed by atoms with Crippen molar-refractivity contribution in [1.29, 1.82) is 0 Å². The molecule has 0 amide bonds. The summed E-state index contributed by atoms with van der Waals surface area (Å²) in [5, 5.41) is 0. The van der Waals surface area contributed by atoms with Gasteiger partial charge in [0.05, 0.1) is 5.60 Å². The van der Waals surface area contributed by atoms with E-state index in [1.165, 1.54) is 5.56 Å². The highest BCUT2D eigenvalue weighted by atomic mass is 31.2. The minimum absolute atomic E-state index is 0.0424. The third-order valence-electron chi connectivity index (χ3n) is 2.47. The van der Waals surface area contributed by atoms with E-state index >= 15 is 0 Å². The summed E-state index contributed by atoms with van der Waals surface area (Å²) < 4.78 is 11.0. The van der Waals surface area contributed by atoms with Crippen molar-refractivity contribution < 1.29 is 13.9 Å². The molecule has 108 valence electrons. The normalized spacial score (nSPS) is 14.3. The molecule has 0 aliphatic heterocycles. The van der Waals surface area contributed by atoms with Gasteiger partial charge in [-0.25, -0.2) is 0 Å². The van der Waals surface area contributed by atoms with Crippen molar-refractivity contribution >= 4 is 8.60 Å². The summed E-state index contributed by atoms with van der Waals surface area (Å²) in [5.41, 5.74) is 1.79. The third kappa shape index (κ3) is 5.48. The Labute approximate surface area is 117 Å². The van der Waals surface area contributed by atoms with E-state index in [9.17, 15) is 4.89 Å². The van der Waals surface area contributed by atoms with Gasteiger partial charge in [0.1, 0.15) is 5.75 Å². The molecule has 0 saturated carbocycles. The summed E-state index contributed by atoms with van der Waals surface area (Å²) in [4.78, 5) is 9.92. The average Bonchev–Trinajstić information content (AvgIpc) is 2.16. The van der Waals surface area contributed by atoms with Gasteiger partial charge in [-0.3, -0.25) is 4.52 Å². The van der Waals surface area contributed by atoms with Crippen molar-refractivity contribution in [3.05, 3.63) is 29.3 Å². The Bertz CT molecular complexity index is 430. The third-order valence-corrected chi connectivity index (χ3v) is 3.53. The largest absolute Gasteiger partial charge is 0.427 e. The molecule has 1 rings (SSSR count). The van der Waals surface area contributed by atoms with E-state index in [-0.39, 0.29) is 5.41 Å². The van der Waals surface area contributed by atoms with Crippen molar-refractivity contribution in [2.24, 2.45) is 0 Å². The predicted molar refractivity (Wildman–Crippen MR) is 80.5 cm³/mol. The quantitative estimate of drug-likeness (QED) is 0.817. The van der Waals surface area contributed by atoms with Crippen LogP contribution in [0.5, 0.6) is 5.75 Å². The first-order valence-corrected chi connectivity index (χ1v) is 7.59. The first-order chi connectivity index (χ1) is 8.49. The maximum absolute atomic E-state index is 9.92. The Kier molecular flexibility index (Phi) is 5.00. The van der Waals surface area contributed by atoms with Gasteiger partial charge in [0.15, 0.2) is 0 Å². The van der Waals surface area contributed by atoms with E-state index in [1.807, 2.05) is 39.8 Å². The predicted octanol–water partition coefficient (Wildman–Crippen LogP) is 4.71. The molecule has 1 N–H and O–H groups in total. The van der Waals surface area contributed by atoms with Gasteiger partial charge in [-0.15, -0.1) is 0 Å². The Morgan fingerprint density at radius 1 is 1.05 bits per heavy atom. The summed E-state index contributed by atoms with van der Waals surface area (Å²) in [7, 11) is -1.92. The van der Waals surface area contributed by atoms with Crippen LogP contribution in [0.15, 0.2) is 18.2 Å². The van der Waals surface area contributed by atoms with Crippen LogP contribution in [0.3, 0.4) is 0 Å². The molecule has 0 spiro atoms. The van der Waals surface area contributed by atoms with Crippen molar-refractivity contribution in [2.75, 3.05) is 0 Å². The fraction of sp³-hybridized carbons (Fsp3) is 0.600. The molecule has 0 fully saturated rings. The van der Waals surface area contributed by atoms with Gasteiger partial charge in [-0.1, -0.05) is 38.5 Å². The Morgan fingerprint density at radius 3 is 2.11 bits per heavy atom. The number of benzene rings is 1. The summed E-state index contributed by atoms with van der Waals surface area (Å²) >= 11 is 0. The molecular weight excluding hydrogens is 259 g/mol. The maximum Gasteiger partial charge on any atom is 0.394 e. The summed E-state index contributed by atoms with van der Waals surface area (Å²) in [6.07, 6.45) is 0. The minimum atomic E-state index is -1.92. The topological polar surface area (TPSA) is 38.7 Å². The molecule has 1 unspecified atom stereocenters. The zero-order valence-corrected chi connectivity index (χ0v) is 13.8. The van der Waals surface area contributed by atoms with Crippen molar-refractivity contribution in [2.45, 2.75) is 59.5 Å². The molecule has 1 atom stereocenters. The molecule has 0 aliphatic rings. The summed E-state index contributed by atoms with van der Waals surface area (Å²) in [6, 6.07) is 5.97. The smallest absolute Gasteiger partial charge is 0.394 e. The molecule has 4 heteroatoms. The van der Waals surface area contributed by atoms with Gasteiger partial charge in [-0.2, -0.15) is 0 Å². The zero-order valence-electron chi connectivity index (χ0n) is 12.9. The highest BCUT2D eigenvalue weighted by Crippen LogP contribution is 2.43. The van der Waals surface area contributed by atoms with E-state index in [2.05, 4.69) is 26.8 Å².